The molecule has 1 aliphatic heterocycles. The zero-order chi connectivity index (χ0) is 17.6. The number of hydrogen-bond donors (Lipinski definition) is 3. The van der Waals surface area contributed by atoms with Gasteiger partial charge in [-0.3, -0.25) is 5.43 Å². The average Bonchev–Trinajstić information content (AvgIpc) is 3.00. The lowest BCUT2D eigenvalue weighted by Crippen LogP contribution is -2.18. The number of hydrogen-bond acceptors (Lipinski definition) is 6. The van der Waals surface area contributed by atoms with Crippen molar-refractivity contribution in [2.24, 2.45) is 0 Å². The third-order valence-electron chi connectivity index (χ3n) is 3.61. The third-order valence-corrected chi connectivity index (χ3v) is 4.98. The van der Waals surface area contributed by atoms with Gasteiger partial charge in [0.15, 0.2) is 17.3 Å². The maximum absolute atomic E-state index is 9.71. The second-order valence-electron chi connectivity index (χ2n) is 5.23. The van der Waals surface area contributed by atoms with Crippen molar-refractivity contribution in [3.8, 4) is 22.9 Å². The van der Waals surface area contributed by atoms with E-state index in [9.17, 15) is 10.2 Å². The van der Waals surface area contributed by atoms with Crippen LogP contribution < -0.4 is 5.43 Å². The zero-order valence-electron chi connectivity index (χ0n) is 12.4. The molecule has 1 aliphatic rings. The molecule has 2 heterocycles. The Balaban J connectivity index is 1.73. The molecule has 1 aromatic heterocycles. The Morgan fingerprint density at radius 2 is 1.84 bits per heavy atom. The van der Waals surface area contributed by atoms with Crippen molar-refractivity contribution in [3.05, 3.63) is 57.4 Å². The van der Waals surface area contributed by atoms with Gasteiger partial charge >= 0.3 is 0 Å². The number of phenolic OH excluding ortho intramolecular Hbond substituents is 2. The zero-order valence-corrected chi connectivity index (χ0v) is 14.8. The molecule has 0 bridgehead atoms. The molecule has 0 amide bonds. The van der Waals surface area contributed by atoms with Crippen molar-refractivity contribution in [1.82, 2.24) is 14.9 Å². The van der Waals surface area contributed by atoms with Gasteiger partial charge in [0.2, 0.25) is 5.16 Å². The molecule has 6 nitrogen and oxygen atoms in total. The third kappa shape index (κ3) is 2.90. The molecule has 0 aliphatic carbocycles. The second-order valence-corrected chi connectivity index (χ2v) is 6.91. The van der Waals surface area contributed by atoms with Crippen LogP contribution in [0.5, 0.6) is 11.5 Å². The fourth-order valence-corrected chi connectivity index (χ4v) is 3.60. The highest BCUT2D eigenvalue weighted by atomic mass is 35.5. The van der Waals surface area contributed by atoms with Gasteiger partial charge in [0.05, 0.1) is 10.7 Å². The Hall–Kier alpha value is -2.35. The minimum Gasteiger partial charge on any atom is -0.504 e. The number of aromatic nitrogens is 3. The van der Waals surface area contributed by atoms with Crippen LogP contribution in [-0.4, -0.2) is 25.1 Å². The average molecular weight is 393 g/mol. The molecule has 2 aromatic carbocycles. The molecule has 4 rings (SSSR count). The summed E-state index contributed by atoms with van der Waals surface area (Å²) in [5.41, 5.74) is 5.31. The van der Waals surface area contributed by atoms with Gasteiger partial charge in [-0.05, 0) is 36.4 Å². The predicted octanol–water partition coefficient (Wildman–Crippen LogP) is 4.31. The number of phenols is 2. The SMILES string of the molecule is Oc1ccc(C2=CSc3nnc(-c4ccc(Cl)cc4Cl)n3N2)cc1O. The summed E-state index contributed by atoms with van der Waals surface area (Å²) in [5.74, 6) is 0.171. The van der Waals surface area contributed by atoms with E-state index in [1.807, 2.05) is 5.41 Å². The number of rotatable bonds is 2. The Morgan fingerprint density at radius 1 is 1.00 bits per heavy atom. The minimum absolute atomic E-state index is 0.175. The minimum atomic E-state index is -0.194. The Kier molecular flexibility index (Phi) is 3.99. The van der Waals surface area contributed by atoms with Crippen LogP contribution >= 0.6 is 35.0 Å². The lowest BCUT2D eigenvalue weighted by atomic mass is 10.1. The first-order valence-corrected chi connectivity index (χ1v) is 8.73. The van der Waals surface area contributed by atoms with Crippen LogP contribution in [0.3, 0.4) is 0 Å². The van der Waals surface area contributed by atoms with Crippen LogP contribution in [0.4, 0.5) is 0 Å². The lowest BCUT2D eigenvalue weighted by molar-refractivity contribution is 0.403. The number of nitrogens with one attached hydrogen (secondary N) is 1. The van der Waals surface area contributed by atoms with Gasteiger partial charge in [-0.15, -0.1) is 10.2 Å². The van der Waals surface area contributed by atoms with Crippen molar-refractivity contribution in [1.29, 1.82) is 0 Å². The molecule has 126 valence electrons. The van der Waals surface area contributed by atoms with Gasteiger partial charge in [0, 0.05) is 21.6 Å². The molecule has 0 unspecified atom stereocenters. The van der Waals surface area contributed by atoms with E-state index in [0.717, 1.165) is 5.70 Å². The van der Waals surface area contributed by atoms with E-state index in [4.69, 9.17) is 23.2 Å². The molecule has 0 saturated carbocycles. The molecule has 9 heteroatoms. The van der Waals surface area contributed by atoms with Crippen LogP contribution in [0.1, 0.15) is 5.56 Å². The second kappa shape index (κ2) is 6.18. The molecule has 0 saturated heterocycles. The summed E-state index contributed by atoms with van der Waals surface area (Å²) in [6.07, 6.45) is 0. The number of thioether (sulfide) groups is 1. The molecule has 0 spiro atoms. The van der Waals surface area contributed by atoms with Crippen molar-refractivity contribution >= 4 is 40.7 Å². The highest BCUT2D eigenvalue weighted by molar-refractivity contribution is 8.02. The van der Waals surface area contributed by atoms with Gasteiger partial charge in [0.25, 0.3) is 0 Å². The molecular weight excluding hydrogens is 383 g/mol. The normalized spacial score (nSPS) is 13.1. The topological polar surface area (TPSA) is 83.2 Å². The summed E-state index contributed by atoms with van der Waals surface area (Å²) < 4.78 is 1.71. The standard InChI is InChI=1S/C16H10Cl2N4O2S/c17-9-2-3-10(11(18)6-9)15-19-20-16-22(15)21-12(7-25-16)8-1-4-13(23)14(24)5-8/h1-7,21,23-24H. The van der Waals surface area contributed by atoms with Crippen LogP contribution in [-0.2, 0) is 0 Å². The first-order valence-electron chi connectivity index (χ1n) is 7.10. The smallest absolute Gasteiger partial charge is 0.214 e. The van der Waals surface area contributed by atoms with E-state index >= 15 is 0 Å². The first kappa shape index (κ1) is 16.1. The van der Waals surface area contributed by atoms with E-state index in [1.54, 1.807) is 28.9 Å². The highest BCUT2D eigenvalue weighted by Crippen LogP contribution is 2.36. The summed E-state index contributed by atoms with van der Waals surface area (Å²) in [7, 11) is 0. The number of halogens is 2. The van der Waals surface area contributed by atoms with Crippen LogP contribution in [0, 0.1) is 0 Å². The van der Waals surface area contributed by atoms with Gasteiger partial charge in [-0.2, -0.15) is 0 Å². The summed E-state index contributed by atoms with van der Waals surface area (Å²) in [6.45, 7) is 0. The van der Waals surface area contributed by atoms with Crippen molar-refractivity contribution < 1.29 is 10.2 Å². The molecular formula is C16H10Cl2N4O2S. The van der Waals surface area contributed by atoms with Gasteiger partial charge in [-0.1, -0.05) is 35.0 Å². The fraction of sp³-hybridized carbons (Fsp3) is 0. The first-order chi connectivity index (χ1) is 12.0. The molecule has 3 N–H and O–H groups in total. The predicted molar refractivity (Wildman–Crippen MR) is 98.4 cm³/mol. The van der Waals surface area contributed by atoms with E-state index < -0.39 is 0 Å². The fourth-order valence-electron chi connectivity index (χ4n) is 2.37. The largest absolute Gasteiger partial charge is 0.504 e. The molecule has 0 fully saturated rings. The quantitative estimate of drug-likeness (QED) is 0.563. The maximum atomic E-state index is 9.71. The van der Waals surface area contributed by atoms with Crippen LogP contribution in [0.15, 0.2) is 47.0 Å². The number of fused-ring (bicyclic) bond motifs is 1. The summed E-state index contributed by atoms with van der Waals surface area (Å²) in [6, 6.07) is 9.74. The van der Waals surface area contributed by atoms with Crippen molar-refractivity contribution in [2.75, 3.05) is 5.43 Å². The van der Waals surface area contributed by atoms with Crippen LogP contribution in [0.25, 0.3) is 17.1 Å². The van der Waals surface area contributed by atoms with Crippen LogP contribution in [0.2, 0.25) is 10.0 Å². The highest BCUT2D eigenvalue weighted by Gasteiger charge is 2.21. The molecule has 0 atom stereocenters. The Morgan fingerprint density at radius 3 is 2.60 bits per heavy atom. The van der Waals surface area contributed by atoms with E-state index in [2.05, 4.69) is 15.6 Å². The Bertz CT molecular complexity index is 1020. The van der Waals surface area contributed by atoms with E-state index in [1.165, 1.54) is 23.9 Å². The van der Waals surface area contributed by atoms with E-state index in [0.29, 0.717) is 32.2 Å². The molecule has 3 aromatic rings. The number of benzene rings is 2. The number of nitrogens with zero attached hydrogens (tertiary/aromatic N) is 3. The Labute approximate surface area is 156 Å². The maximum Gasteiger partial charge on any atom is 0.214 e. The van der Waals surface area contributed by atoms with Crippen molar-refractivity contribution in [3.63, 3.8) is 0 Å². The van der Waals surface area contributed by atoms with Gasteiger partial charge in [0.1, 0.15) is 0 Å². The summed E-state index contributed by atoms with van der Waals surface area (Å²) in [5, 5.41) is 31.0. The monoisotopic (exact) mass is 392 g/mol. The van der Waals surface area contributed by atoms with Gasteiger partial charge < -0.3 is 10.2 Å². The van der Waals surface area contributed by atoms with Gasteiger partial charge in [-0.25, -0.2) is 4.68 Å². The lowest BCUT2D eigenvalue weighted by Gasteiger charge is -2.19. The van der Waals surface area contributed by atoms with E-state index in [-0.39, 0.29) is 11.5 Å². The summed E-state index contributed by atoms with van der Waals surface area (Å²) in [4.78, 5) is 0. The van der Waals surface area contributed by atoms with Crippen molar-refractivity contribution in [2.45, 2.75) is 5.16 Å². The summed E-state index contributed by atoms with van der Waals surface area (Å²) >= 11 is 13.6. The number of aromatic hydroxyl groups is 2. The molecule has 25 heavy (non-hydrogen) atoms. The molecule has 0 radical (unpaired) electrons.